The second-order valence-corrected chi connectivity index (χ2v) is 15.9. The summed E-state index contributed by atoms with van der Waals surface area (Å²) >= 11 is 2.91. The molecular weight excluding hydrogens is 699 g/mol. The average Bonchev–Trinajstić information content (AvgIpc) is 3.41. The van der Waals surface area contributed by atoms with Crippen LogP contribution in [0.3, 0.4) is 0 Å². The van der Waals surface area contributed by atoms with Gasteiger partial charge in [0.05, 0.1) is 11.5 Å². The fraction of sp³-hybridized carbons (Fsp3) is 0.270. The van der Waals surface area contributed by atoms with Crippen LogP contribution >= 0.6 is 22.7 Å². The van der Waals surface area contributed by atoms with Crippen LogP contribution < -0.4 is 0 Å². The minimum Gasteiger partial charge on any atom is -0.461 e. The summed E-state index contributed by atoms with van der Waals surface area (Å²) in [6.07, 6.45) is 5.78. The van der Waals surface area contributed by atoms with Gasteiger partial charge in [-0.15, -0.1) is 27.1 Å². The molecule has 0 bridgehead atoms. The Morgan fingerprint density at radius 1 is 1.14 bits per heavy atom. The molecule has 0 N–H and O–H groups in total. The lowest BCUT2D eigenvalue weighted by Gasteiger charge is -2.12. The predicted octanol–water partition coefficient (Wildman–Crippen LogP) is 7.65. The van der Waals surface area contributed by atoms with Crippen LogP contribution in [0.2, 0.25) is 0 Å². The first-order valence-electron chi connectivity index (χ1n) is 15.9. The van der Waals surface area contributed by atoms with Crippen molar-refractivity contribution in [3.63, 3.8) is 0 Å². The van der Waals surface area contributed by atoms with Crippen LogP contribution in [-0.2, 0) is 27.6 Å². The van der Waals surface area contributed by atoms with Crippen LogP contribution in [0.4, 0.5) is 8.78 Å². The fourth-order valence-electron chi connectivity index (χ4n) is 5.47. The van der Waals surface area contributed by atoms with E-state index in [0.717, 1.165) is 64.1 Å². The van der Waals surface area contributed by atoms with E-state index in [-0.39, 0.29) is 24.3 Å². The number of hydrogen-bond acceptors (Lipinski definition) is 7. The third-order valence-electron chi connectivity index (χ3n) is 7.94. The summed E-state index contributed by atoms with van der Waals surface area (Å²) in [6.45, 7) is 3.98. The van der Waals surface area contributed by atoms with E-state index in [2.05, 4.69) is 21.2 Å². The molecule has 5 aromatic rings. The number of aryl methyl sites for hydroxylation is 1. The molecule has 0 amide bonds. The van der Waals surface area contributed by atoms with Crippen molar-refractivity contribution >= 4 is 45.0 Å². The molecule has 3 heterocycles. The van der Waals surface area contributed by atoms with Crippen molar-refractivity contribution in [3.05, 3.63) is 110 Å². The molecule has 13 heteroatoms. The quantitative estimate of drug-likeness (QED) is 0.0600. The van der Waals surface area contributed by atoms with E-state index in [1.807, 2.05) is 54.1 Å². The number of rotatable bonds is 11. The number of carbonyl (C=O) groups is 1. The molecule has 6 rings (SSSR count). The van der Waals surface area contributed by atoms with Gasteiger partial charge in [0.15, 0.2) is 15.7 Å². The molecule has 0 saturated heterocycles. The molecule has 0 unspecified atom stereocenters. The number of benzene rings is 2. The van der Waals surface area contributed by atoms with E-state index in [0.29, 0.717) is 17.5 Å². The van der Waals surface area contributed by atoms with Gasteiger partial charge in [0, 0.05) is 53.8 Å². The zero-order chi connectivity index (χ0) is 35.6. The monoisotopic (exact) mass is 732 g/mol. The maximum atomic E-state index is 15.5. The summed E-state index contributed by atoms with van der Waals surface area (Å²) in [5, 5.41) is 2.21. The first-order chi connectivity index (χ1) is 23.9. The van der Waals surface area contributed by atoms with E-state index < -0.39 is 32.5 Å². The largest absolute Gasteiger partial charge is 0.461 e. The Kier molecular flexibility index (Phi) is 10.3. The van der Waals surface area contributed by atoms with Crippen LogP contribution in [0.1, 0.15) is 62.4 Å². The van der Waals surface area contributed by atoms with E-state index in [9.17, 15) is 13.2 Å². The number of thiazole rings is 1. The van der Waals surface area contributed by atoms with E-state index in [4.69, 9.17) is 4.74 Å². The second kappa shape index (κ2) is 14.7. The third kappa shape index (κ3) is 8.04. The molecule has 8 nitrogen and oxygen atoms in total. The lowest BCUT2D eigenvalue weighted by molar-refractivity contribution is 0.0520. The highest BCUT2D eigenvalue weighted by atomic mass is 32.2. The Bertz CT molecular complexity index is 2250. The van der Waals surface area contributed by atoms with Gasteiger partial charge in [0.1, 0.15) is 18.0 Å². The zero-order valence-electron chi connectivity index (χ0n) is 27.9. The highest BCUT2D eigenvalue weighted by molar-refractivity contribution is 7.90. The number of aromatic nitrogens is 2. The highest BCUT2D eigenvalue weighted by Crippen LogP contribution is 2.40. The smallest absolute Gasteiger partial charge is 0.357 e. The molecule has 1 fully saturated rings. The molecule has 0 radical (unpaired) electrons. The summed E-state index contributed by atoms with van der Waals surface area (Å²) < 4.78 is 67.0. The summed E-state index contributed by atoms with van der Waals surface area (Å²) in [5.41, 5.74) is 4.58. The second-order valence-electron chi connectivity index (χ2n) is 12.2. The van der Waals surface area contributed by atoms with Gasteiger partial charge >= 0.3 is 5.97 Å². The maximum absolute atomic E-state index is 15.5. The highest BCUT2D eigenvalue weighted by Gasteiger charge is 2.30. The normalized spacial score (nSPS) is 13.0. The standard InChI is InChI=1S/C37H34F2N4O4S3/c1-5-47-36(44)33-21-48-37(41-33)43-20-30(27-8-6-7-24(15-27)12-14-28-13-9-23(2)49-28)29(34(43)19-25-10-11-25)16-26-17-31(38)35(32(39)18-26)50(45,46)40-22-42(3)4/h6-9,13,15,17-18,20-22,25H,5,10-11,16,19H2,1-4H3/b40-22+. The van der Waals surface area contributed by atoms with Crippen molar-refractivity contribution in [2.45, 2.75) is 44.4 Å². The summed E-state index contributed by atoms with van der Waals surface area (Å²) in [6, 6.07) is 13.9. The van der Waals surface area contributed by atoms with Crippen LogP contribution in [-0.4, -0.2) is 55.9 Å². The fourth-order valence-corrected chi connectivity index (χ4v) is 8.01. The van der Waals surface area contributed by atoms with E-state index in [1.54, 1.807) is 37.7 Å². The molecule has 3 aromatic heterocycles. The Labute approximate surface area is 298 Å². The Morgan fingerprint density at radius 3 is 2.56 bits per heavy atom. The molecule has 50 heavy (non-hydrogen) atoms. The number of sulfonamides is 1. The summed E-state index contributed by atoms with van der Waals surface area (Å²) in [4.78, 5) is 19.5. The van der Waals surface area contributed by atoms with Crippen molar-refractivity contribution in [2.24, 2.45) is 10.3 Å². The minimum atomic E-state index is -4.63. The molecule has 1 aliphatic carbocycles. The number of ether oxygens (including phenoxy) is 1. The van der Waals surface area contributed by atoms with E-state index in [1.165, 1.54) is 21.1 Å². The van der Waals surface area contributed by atoms with Gasteiger partial charge in [0.2, 0.25) is 0 Å². The van der Waals surface area contributed by atoms with Crippen molar-refractivity contribution in [1.82, 2.24) is 14.5 Å². The van der Waals surface area contributed by atoms with Gasteiger partial charge in [-0.05, 0) is 92.1 Å². The van der Waals surface area contributed by atoms with Gasteiger partial charge in [0.25, 0.3) is 10.0 Å². The molecule has 0 aliphatic heterocycles. The van der Waals surface area contributed by atoms with Gasteiger partial charge in [-0.2, -0.15) is 8.42 Å². The first kappa shape index (κ1) is 35.2. The number of halogens is 2. The number of nitrogens with zero attached hydrogens (tertiary/aromatic N) is 4. The summed E-state index contributed by atoms with van der Waals surface area (Å²) in [7, 11) is -1.53. The lowest BCUT2D eigenvalue weighted by atomic mass is 9.94. The van der Waals surface area contributed by atoms with Gasteiger partial charge in [-0.25, -0.2) is 18.6 Å². The van der Waals surface area contributed by atoms with Gasteiger partial charge in [-0.1, -0.05) is 24.0 Å². The predicted molar refractivity (Wildman–Crippen MR) is 193 cm³/mol. The number of carbonyl (C=O) groups excluding carboxylic acids is 1. The minimum absolute atomic E-state index is 0.0972. The van der Waals surface area contributed by atoms with Crippen molar-refractivity contribution in [1.29, 1.82) is 0 Å². The molecule has 1 saturated carbocycles. The molecular formula is C37H34F2N4O4S3. The van der Waals surface area contributed by atoms with Crippen LogP contribution in [0.5, 0.6) is 0 Å². The number of esters is 1. The third-order valence-corrected chi connectivity index (χ3v) is 11.0. The molecule has 0 atom stereocenters. The van der Waals surface area contributed by atoms with Gasteiger partial charge < -0.3 is 9.64 Å². The maximum Gasteiger partial charge on any atom is 0.357 e. The Balaban J connectivity index is 1.48. The van der Waals surface area contributed by atoms with Crippen LogP contribution in [0.25, 0.3) is 16.3 Å². The van der Waals surface area contributed by atoms with Crippen LogP contribution in [0, 0.1) is 36.3 Å². The van der Waals surface area contributed by atoms with E-state index >= 15 is 8.78 Å². The molecule has 258 valence electrons. The molecule has 0 spiro atoms. The zero-order valence-corrected chi connectivity index (χ0v) is 30.3. The SMILES string of the molecule is CCOC(=O)c1csc(-n2cc(-c3cccc(C#Cc4ccc(C)s4)c3)c(Cc3cc(F)c(S(=O)(=O)/N=C/N(C)C)c(F)c3)c2CC2CC2)n1. The first-order valence-corrected chi connectivity index (χ1v) is 19.0. The lowest BCUT2D eigenvalue weighted by Crippen LogP contribution is -2.12. The topological polar surface area (TPSA) is 93.9 Å². The van der Waals surface area contributed by atoms with Crippen molar-refractivity contribution in [2.75, 3.05) is 20.7 Å². The average molecular weight is 733 g/mol. The Morgan fingerprint density at radius 2 is 1.90 bits per heavy atom. The summed E-state index contributed by atoms with van der Waals surface area (Å²) in [5.74, 6) is 3.93. The van der Waals surface area contributed by atoms with Gasteiger partial charge in [-0.3, -0.25) is 4.57 Å². The molecule has 2 aromatic carbocycles. The van der Waals surface area contributed by atoms with Crippen molar-refractivity contribution in [3.8, 4) is 28.1 Å². The van der Waals surface area contributed by atoms with Crippen molar-refractivity contribution < 1.29 is 26.7 Å². The number of hydrogen-bond donors (Lipinski definition) is 0. The molecule has 1 aliphatic rings. The number of thiophene rings is 1. The Hall–Kier alpha value is -4.64. The van der Waals surface area contributed by atoms with Crippen LogP contribution in [0.15, 0.2) is 69.4 Å².